The molecule has 0 unspecified atom stereocenters. The van der Waals surface area contributed by atoms with Crippen LogP contribution in [0.1, 0.15) is 55.2 Å². The second kappa shape index (κ2) is 14.1. The number of nitro benzene ring substituents is 1. The summed E-state index contributed by atoms with van der Waals surface area (Å²) < 4.78 is 11.4. The maximum Gasteiger partial charge on any atom is 0.337 e. The Bertz CT molecular complexity index is 1620. The van der Waals surface area contributed by atoms with E-state index >= 15 is 0 Å². The molecule has 10 heteroatoms. The smallest absolute Gasteiger partial charge is 0.337 e. The fourth-order valence-corrected chi connectivity index (χ4v) is 6.67. The summed E-state index contributed by atoms with van der Waals surface area (Å²) in [5, 5.41) is 14.7. The Hall–Kier alpha value is -4.80. The SMILES string of the molecule is COC(=O)C1=C(C)NC(C)=C(C(=O)O[C@@]2(CN)CCN(CCC(c3ccccc3)c3ccccc3)C2)[C@H]1c1cccc([N+](=O)[O-])c1. The molecule has 3 aromatic carbocycles. The lowest BCUT2D eigenvalue weighted by atomic mass is 9.80. The molecule has 10 nitrogen and oxygen atoms in total. The van der Waals surface area contributed by atoms with E-state index in [9.17, 15) is 19.7 Å². The lowest BCUT2D eigenvalue weighted by Gasteiger charge is -2.34. The van der Waals surface area contributed by atoms with Gasteiger partial charge in [-0.3, -0.25) is 15.0 Å². The molecule has 5 rings (SSSR count). The van der Waals surface area contributed by atoms with Crippen molar-refractivity contribution in [3.05, 3.63) is 134 Å². The molecule has 3 N–H and O–H groups in total. The maximum absolute atomic E-state index is 14.1. The highest BCUT2D eigenvalue weighted by Gasteiger charge is 2.44. The van der Waals surface area contributed by atoms with Gasteiger partial charge in [0.05, 0.1) is 29.1 Å². The number of esters is 2. The Morgan fingerprint density at radius 2 is 1.59 bits per heavy atom. The van der Waals surface area contributed by atoms with Crippen LogP contribution in [0.5, 0.6) is 0 Å². The number of nitrogens with two attached hydrogens (primary N) is 1. The molecule has 240 valence electrons. The van der Waals surface area contributed by atoms with Crippen LogP contribution in [-0.4, -0.2) is 60.7 Å². The third-order valence-corrected chi connectivity index (χ3v) is 9.01. The molecular weight excluding hydrogens is 584 g/mol. The van der Waals surface area contributed by atoms with Crippen LogP contribution in [0.2, 0.25) is 0 Å². The van der Waals surface area contributed by atoms with Crippen LogP contribution >= 0.6 is 0 Å². The lowest BCUT2D eigenvalue weighted by Crippen LogP contribution is -2.46. The number of nitro groups is 1. The number of hydrogen-bond acceptors (Lipinski definition) is 9. The number of nitrogens with one attached hydrogen (secondary N) is 1. The van der Waals surface area contributed by atoms with E-state index < -0.39 is 28.4 Å². The minimum atomic E-state index is -0.939. The number of nitrogens with zero attached hydrogens (tertiary/aromatic N) is 2. The number of likely N-dealkylation sites (tertiary alicyclic amines) is 1. The number of allylic oxidation sites excluding steroid dienone is 2. The summed E-state index contributed by atoms with van der Waals surface area (Å²) in [5.41, 5.74) is 9.46. The first kappa shape index (κ1) is 32.6. The standard InChI is InChI=1S/C36H40N4O6/c1-24-31(34(41)45-3)33(28-15-10-16-29(21-28)40(43)44)32(25(2)38-24)35(42)46-36(22-37)18-20-39(23-36)19-17-30(26-11-6-4-7-12-26)27-13-8-5-9-14-27/h4-16,21,30,33,38H,17-20,22-23,37H2,1-3H3/t33-,36+/m0/s1. The average Bonchev–Trinajstić information content (AvgIpc) is 3.48. The molecule has 0 amide bonds. The molecule has 2 atom stereocenters. The third-order valence-electron chi connectivity index (χ3n) is 9.01. The Labute approximate surface area is 269 Å². The van der Waals surface area contributed by atoms with Gasteiger partial charge in [-0.25, -0.2) is 9.59 Å². The van der Waals surface area contributed by atoms with E-state index in [1.54, 1.807) is 19.9 Å². The topological polar surface area (TPSA) is 137 Å². The number of rotatable bonds is 11. The molecule has 0 saturated carbocycles. The molecule has 2 aliphatic heterocycles. The van der Waals surface area contributed by atoms with Gasteiger partial charge < -0.3 is 20.5 Å². The highest BCUT2D eigenvalue weighted by Crippen LogP contribution is 2.41. The van der Waals surface area contributed by atoms with E-state index in [0.29, 0.717) is 36.5 Å². The highest BCUT2D eigenvalue weighted by atomic mass is 16.6. The van der Waals surface area contributed by atoms with Crippen molar-refractivity contribution in [1.82, 2.24) is 10.2 Å². The first-order valence-corrected chi connectivity index (χ1v) is 15.4. The molecule has 2 aliphatic rings. The normalized spacial score (nSPS) is 20.1. The van der Waals surface area contributed by atoms with Crippen LogP contribution in [0.25, 0.3) is 0 Å². The molecular formula is C36H40N4O6. The van der Waals surface area contributed by atoms with Gasteiger partial charge in [0.15, 0.2) is 0 Å². The molecule has 0 radical (unpaired) electrons. The second-order valence-electron chi connectivity index (χ2n) is 11.9. The van der Waals surface area contributed by atoms with Crippen LogP contribution in [0.3, 0.4) is 0 Å². The first-order chi connectivity index (χ1) is 22.2. The van der Waals surface area contributed by atoms with Crippen molar-refractivity contribution in [2.75, 3.05) is 33.3 Å². The van der Waals surface area contributed by atoms with Gasteiger partial charge in [0.25, 0.3) is 5.69 Å². The Morgan fingerprint density at radius 3 is 2.15 bits per heavy atom. The summed E-state index contributed by atoms with van der Waals surface area (Å²) in [6, 6.07) is 26.8. The first-order valence-electron chi connectivity index (χ1n) is 15.4. The van der Waals surface area contributed by atoms with Gasteiger partial charge >= 0.3 is 11.9 Å². The van der Waals surface area contributed by atoms with E-state index in [0.717, 1.165) is 13.0 Å². The van der Waals surface area contributed by atoms with E-state index in [1.165, 1.54) is 36.4 Å². The minimum absolute atomic E-state index is 0.121. The van der Waals surface area contributed by atoms with Gasteiger partial charge in [0.1, 0.15) is 5.60 Å². The zero-order valence-electron chi connectivity index (χ0n) is 26.4. The van der Waals surface area contributed by atoms with Crippen LogP contribution in [0, 0.1) is 10.1 Å². The number of methoxy groups -OCH3 is 1. The lowest BCUT2D eigenvalue weighted by molar-refractivity contribution is -0.384. The number of carbonyl (C=O) groups is 2. The summed E-state index contributed by atoms with van der Waals surface area (Å²) in [6.45, 7) is 5.50. The van der Waals surface area contributed by atoms with Gasteiger partial charge in [-0.15, -0.1) is 0 Å². The molecule has 0 bridgehead atoms. The minimum Gasteiger partial charge on any atom is -0.466 e. The van der Waals surface area contributed by atoms with Crippen molar-refractivity contribution in [2.24, 2.45) is 5.73 Å². The van der Waals surface area contributed by atoms with Gasteiger partial charge in [-0.05, 0) is 43.5 Å². The number of non-ortho nitro benzene ring substituents is 1. The zero-order chi connectivity index (χ0) is 32.8. The summed E-state index contributed by atoms with van der Waals surface area (Å²) >= 11 is 0. The van der Waals surface area contributed by atoms with Gasteiger partial charge in [0.2, 0.25) is 0 Å². The molecule has 1 fully saturated rings. The van der Waals surface area contributed by atoms with E-state index in [1.807, 2.05) is 12.1 Å². The van der Waals surface area contributed by atoms with Crippen molar-refractivity contribution in [1.29, 1.82) is 0 Å². The highest BCUT2D eigenvalue weighted by molar-refractivity contribution is 6.00. The number of ether oxygens (including phenoxy) is 2. The van der Waals surface area contributed by atoms with Crippen molar-refractivity contribution in [3.8, 4) is 0 Å². The summed E-state index contributed by atoms with van der Waals surface area (Å²) in [4.78, 5) is 40.6. The second-order valence-corrected chi connectivity index (χ2v) is 11.9. The largest absolute Gasteiger partial charge is 0.466 e. The fourth-order valence-electron chi connectivity index (χ4n) is 6.67. The zero-order valence-corrected chi connectivity index (χ0v) is 26.4. The van der Waals surface area contributed by atoms with Crippen molar-refractivity contribution < 1.29 is 24.0 Å². The van der Waals surface area contributed by atoms with E-state index in [-0.39, 0.29) is 29.3 Å². The van der Waals surface area contributed by atoms with E-state index in [4.69, 9.17) is 15.2 Å². The Morgan fingerprint density at radius 1 is 0.978 bits per heavy atom. The Kier molecular flexibility index (Phi) is 9.99. The molecule has 0 spiro atoms. The van der Waals surface area contributed by atoms with Crippen LogP contribution in [0.4, 0.5) is 5.69 Å². The van der Waals surface area contributed by atoms with Gasteiger partial charge in [0, 0.05) is 55.5 Å². The molecule has 2 heterocycles. The summed E-state index contributed by atoms with van der Waals surface area (Å²) in [6.07, 6.45) is 1.43. The van der Waals surface area contributed by atoms with Crippen molar-refractivity contribution in [3.63, 3.8) is 0 Å². The Balaban J connectivity index is 1.38. The third kappa shape index (κ3) is 6.88. The van der Waals surface area contributed by atoms with Crippen LogP contribution in [0.15, 0.2) is 107 Å². The molecule has 1 saturated heterocycles. The van der Waals surface area contributed by atoms with Gasteiger partial charge in [-0.2, -0.15) is 0 Å². The fraction of sp³-hybridized carbons (Fsp3) is 0.333. The molecule has 0 aliphatic carbocycles. The monoisotopic (exact) mass is 624 g/mol. The maximum atomic E-state index is 14.1. The predicted molar refractivity (Wildman–Crippen MR) is 175 cm³/mol. The summed E-state index contributed by atoms with van der Waals surface area (Å²) in [7, 11) is 1.26. The van der Waals surface area contributed by atoms with Crippen molar-refractivity contribution in [2.45, 2.75) is 44.1 Å². The predicted octanol–water partition coefficient (Wildman–Crippen LogP) is 5.17. The number of dihydropyridines is 1. The van der Waals surface area contributed by atoms with Crippen LogP contribution < -0.4 is 11.1 Å². The number of benzene rings is 3. The quantitative estimate of drug-likeness (QED) is 0.168. The number of hydrogen-bond donors (Lipinski definition) is 2. The summed E-state index contributed by atoms with van der Waals surface area (Å²) in [5.74, 6) is -2.01. The number of carbonyl (C=O) groups excluding carboxylic acids is 2. The van der Waals surface area contributed by atoms with E-state index in [2.05, 4.69) is 58.7 Å². The molecule has 46 heavy (non-hydrogen) atoms. The van der Waals surface area contributed by atoms with Crippen molar-refractivity contribution >= 4 is 17.6 Å². The molecule has 3 aromatic rings. The van der Waals surface area contributed by atoms with Crippen LogP contribution in [-0.2, 0) is 19.1 Å². The van der Waals surface area contributed by atoms with Gasteiger partial charge in [-0.1, -0.05) is 72.8 Å². The molecule has 0 aromatic heterocycles. The average molecular weight is 625 g/mol.